The van der Waals surface area contributed by atoms with E-state index in [1.165, 1.54) is 0 Å². The summed E-state index contributed by atoms with van der Waals surface area (Å²) in [7, 11) is 0. The van der Waals surface area contributed by atoms with Gasteiger partial charge in [-0.05, 0) is 18.6 Å². The Morgan fingerprint density at radius 3 is 2.72 bits per heavy atom. The lowest BCUT2D eigenvalue weighted by Gasteiger charge is -1.95. The first kappa shape index (κ1) is 14.1. The Morgan fingerprint density at radius 2 is 1.94 bits per heavy atom. The average molecular weight is 238 g/mol. The molecule has 1 aromatic rings. The van der Waals surface area contributed by atoms with Crippen molar-refractivity contribution in [1.29, 1.82) is 0 Å². The number of hydrogen-bond acceptors (Lipinski definition) is 1. The van der Waals surface area contributed by atoms with Crippen molar-refractivity contribution in [2.24, 2.45) is 0 Å². The van der Waals surface area contributed by atoms with Crippen LogP contribution < -0.4 is 0 Å². The number of rotatable bonds is 5. The summed E-state index contributed by atoms with van der Waals surface area (Å²) in [4.78, 5) is 0. The van der Waals surface area contributed by atoms with Gasteiger partial charge in [0.15, 0.2) is 0 Å². The summed E-state index contributed by atoms with van der Waals surface area (Å²) in [5, 5.41) is 0. The van der Waals surface area contributed by atoms with E-state index in [2.05, 4.69) is 30.3 Å². The summed E-state index contributed by atoms with van der Waals surface area (Å²) < 4.78 is 5.36. The molecule has 0 aromatic heterocycles. The average Bonchev–Trinajstić information content (AvgIpc) is 2.42. The minimum atomic E-state index is 0.500. The molecular formula is C17H18O. The highest BCUT2D eigenvalue weighted by Crippen LogP contribution is 1.96. The molecule has 0 amide bonds. The highest BCUT2D eigenvalue weighted by molar-refractivity contribution is 5.33. The predicted octanol–water partition coefficient (Wildman–Crippen LogP) is 3.41. The number of hydrogen-bond donors (Lipinski definition) is 0. The Hall–Kier alpha value is -1.96. The third-order valence-corrected chi connectivity index (χ3v) is 2.14. The van der Waals surface area contributed by atoms with Crippen LogP contribution >= 0.6 is 0 Å². The van der Waals surface area contributed by atoms with Gasteiger partial charge in [0.2, 0.25) is 0 Å². The van der Waals surface area contributed by atoms with E-state index in [9.17, 15) is 0 Å². The van der Waals surface area contributed by atoms with E-state index in [0.717, 1.165) is 24.8 Å². The predicted molar refractivity (Wildman–Crippen MR) is 76.0 cm³/mol. The van der Waals surface area contributed by atoms with Crippen molar-refractivity contribution in [2.75, 3.05) is 13.2 Å². The van der Waals surface area contributed by atoms with Gasteiger partial charge in [0.1, 0.15) is 6.61 Å². The Bertz CT molecular complexity index is 451. The van der Waals surface area contributed by atoms with E-state index in [-0.39, 0.29) is 0 Å². The van der Waals surface area contributed by atoms with Gasteiger partial charge in [-0.15, -0.1) is 6.58 Å². The molecule has 0 unspecified atom stereocenters. The second-order valence-corrected chi connectivity index (χ2v) is 3.67. The van der Waals surface area contributed by atoms with Crippen molar-refractivity contribution < 1.29 is 4.74 Å². The van der Waals surface area contributed by atoms with Crippen molar-refractivity contribution in [2.45, 2.75) is 19.3 Å². The van der Waals surface area contributed by atoms with Crippen molar-refractivity contribution in [3.8, 4) is 23.7 Å². The standard InChI is InChI=1S/C17H18O/c1-2-3-4-10-15-18-16-11-6-9-14-17-12-7-5-8-13-17/h2,5,7-8,12-13H,1,3,6,11,15-16H2. The molecule has 0 aliphatic heterocycles. The minimum absolute atomic E-state index is 0.500. The summed E-state index contributed by atoms with van der Waals surface area (Å²) in [6.07, 6.45) is 4.32. The Balaban J connectivity index is 2.05. The van der Waals surface area contributed by atoms with E-state index < -0.39 is 0 Å². The Morgan fingerprint density at radius 1 is 1.11 bits per heavy atom. The molecule has 1 rings (SSSR count). The van der Waals surface area contributed by atoms with Crippen LogP contribution in [0.5, 0.6) is 0 Å². The van der Waals surface area contributed by atoms with E-state index in [0.29, 0.717) is 13.2 Å². The van der Waals surface area contributed by atoms with Crippen LogP contribution in [0.25, 0.3) is 0 Å². The number of allylic oxidation sites excluding steroid dienone is 1. The molecule has 0 radical (unpaired) electrons. The van der Waals surface area contributed by atoms with Gasteiger partial charge in [-0.2, -0.15) is 0 Å². The monoisotopic (exact) mass is 238 g/mol. The van der Waals surface area contributed by atoms with Crippen molar-refractivity contribution in [3.63, 3.8) is 0 Å². The summed E-state index contributed by atoms with van der Waals surface area (Å²) in [6, 6.07) is 10.0. The molecule has 0 saturated carbocycles. The van der Waals surface area contributed by atoms with Gasteiger partial charge in [-0.1, -0.05) is 48.0 Å². The second-order valence-electron chi connectivity index (χ2n) is 3.67. The highest BCUT2D eigenvalue weighted by Gasteiger charge is 1.85. The third-order valence-electron chi connectivity index (χ3n) is 2.14. The van der Waals surface area contributed by atoms with Gasteiger partial charge in [0.05, 0.1) is 0 Å². The molecule has 0 aliphatic carbocycles. The molecular weight excluding hydrogens is 220 g/mol. The van der Waals surface area contributed by atoms with Gasteiger partial charge in [0, 0.05) is 25.0 Å². The molecule has 1 heteroatoms. The van der Waals surface area contributed by atoms with E-state index >= 15 is 0 Å². The normalized spacial score (nSPS) is 8.67. The fourth-order valence-electron chi connectivity index (χ4n) is 1.27. The molecule has 1 nitrogen and oxygen atoms in total. The van der Waals surface area contributed by atoms with Crippen LogP contribution in [0, 0.1) is 23.7 Å². The van der Waals surface area contributed by atoms with Crippen molar-refractivity contribution in [1.82, 2.24) is 0 Å². The quantitative estimate of drug-likeness (QED) is 0.434. The molecule has 0 saturated heterocycles. The topological polar surface area (TPSA) is 9.23 Å². The van der Waals surface area contributed by atoms with Crippen LogP contribution in [0.15, 0.2) is 43.0 Å². The van der Waals surface area contributed by atoms with Crippen LogP contribution in [0.4, 0.5) is 0 Å². The van der Waals surface area contributed by atoms with E-state index in [1.54, 1.807) is 6.08 Å². The number of benzene rings is 1. The van der Waals surface area contributed by atoms with Crippen molar-refractivity contribution in [3.05, 3.63) is 48.6 Å². The second kappa shape index (κ2) is 10.2. The van der Waals surface area contributed by atoms with E-state index in [1.807, 2.05) is 30.3 Å². The maximum Gasteiger partial charge on any atom is 0.107 e. The zero-order valence-electron chi connectivity index (χ0n) is 10.6. The molecule has 92 valence electrons. The maximum atomic E-state index is 5.36. The summed E-state index contributed by atoms with van der Waals surface area (Å²) in [5.74, 6) is 12.1. The van der Waals surface area contributed by atoms with Gasteiger partial charge in [-0.3, -0.25) is 0 Å². The fraction of sp³-hybridized carbons (Fsp3) is 0.294. The lowest BCUT2D eigenvalue weighted by molar-refractivity contribution is 0.165. The zero-order valence-corrected chi connectivity index (χ0v) is 10.6. The van der Waals surface area contributed by atoms with Crippen LogP contribution in [-0.2, 0) is 4.74 Å². The fourth-order valence-corrected chi connectivity index (χ4v) is 1.27. The van der Waals surface area contributed by atoms with E-state index in [4.69, 9.17) is 4.74 Å². The smallest absolute Gasteiger partial charge is 0.107 e. The Kier molecular flexibility index (Phi) is 8.00. The van der Waals surface area contributed by atoms with Crippen LogP contribution in [0.1, 0.15) is 24.8 Å². The number of ether oxygens (including phenoxy) is 1. The van der Waals surface area contributed by atoms with Crippen LogP contribution in [0.3, 0.4) is 0 Å². The van der Waals surface area contributed by atoms with Gasteiger partial charge < -0.3 is 4.74 Å². The molecule has 0 bridgehead atoms. The highest BCUT2D eigenvalue weighted by atomic mass is 16.5. The Labute approximate surface area is 110 Å². The zero-order chi connectivity index (χ0) is 12.9. The number of unbranched alkanes of at least 4 members (excludes halogenated alkanes) is 1. The molecule has 0 aliphatic rings. The van der Waals surface area contributed by atoms with Gasteiger partial charge in [-0.25, -0.2) is 0 Å². The van der Waals surface area contributed by atoms with Crippen molar-refractivity contribution >= 4 is 0 Å². The SMILES string of the molecule is C=CCC#CCOCCCC#Cc1ccccc1. The minimum Gasteiger partial charge on any atom is -0.369 e. The first-order valence-electron chi connectivity index (χ1n) is 6.12. The first-order chi connectivity index (χ1) is 8.93. The van der Waals surface area contributed by atoms with Gasteiger partial charge >= 0.3 is 0 Å². The lowest BCUT2D eigenvalue weighted by atomic mass is 10.2. The van der Waals surface area contributed by atoms with Gasteiger partial charge in [0.25, 0.3) is 0 Å². The molecule has 0 spiro atoms. The summed E-state index contributed by atoms with van der Waals surface area (Å²) in [6.45, 7) is 4.81. The maximum absolute atomic E-state index is 5.36. The molecule has 0 fully saturated rings. The van der Waals surface area contributed by atoms with Crippen LogP contribution in [-0.4, -0.2) is 13.2 Å². The molecule has 0 N–H and O–H groups in total. The largest absolute Gasteiger partial charge is 0.369 e. The molecule has 0 atom stereocenters. The third kappa shape index (κ3) is 7.34. The first-order valence-corrected chi connectivity index (χ1v) is 6.12. The lowest BCUT2D eigenvalue weighted by Crippen LogP contribution is -1.93. The summed E-state index contributed by atoms with van der Waals surface area (Å²) >= 11 is 0. The molecule has 0 heterocycles. The molecule has 1 aromatic carbocycles. The van der Waals surface area contributed by atoms with Crippen LogP contribution in [0.2, 0.25) is 0 Å². The molecule has 18 heavy (non-hydrogen) atoms. The summed E-state index contributed by atoms with van der Waals surface area (Å²) in [5.41, 5.74) is 1.06.